The Morgan fingerprint density at radius 2 is 1.93 bits per heavy atom. The Bertz CT molecular complexity index is 697. The van der Waals surface area contributed by atoms with Crippen LogP contribution < -0.4 is 0 Å². The van der Waals surface area contributed by atoms with Crippen molar-refractivity contribution in [2.75, 3.05) is 26.2 Å². The van der Waals surface area contributed by atoms with Crippen LogP contribution in [-0.2, 0) is 10.2 Å². The van der Waals surface area contributed by atoms with E-state index in [9.17, 15) is 14.7 Å². The molecule has 8 heteroatoms. The lowest BCUT2D eigenvalue weighted by molar-refractivity contribution is -0.132. The predicted molar refractivity (Wildman–Crippen MR) is 103 cm³/mol. The van der Waals surface area contributed by atoms with Crippen LogP contribution in [0.5, 0.6) is 0 Å². The summed E-state index contributed by atoms with van der Waals surface area (Å²) >= 11 is 0. The molecule has 3 rings (SSSR count). The minimum atomic E-state index is -0.518. The van der Waals surface area contributed by atoms with E-state index in [4.69, 9.17) is 4.42 Å². The summed E-state index contributed by atoms with van der Waals surface area (Å²) in [5.74, 6) is 0.131. The second-order valence-electron chi connectivity index (χ2n) is 8.89. The zero-order valence-corrected chi connectivity index (χ0v) is 17.2. The molecule has 1 aromatic rings. The number of nitrogens with zero attached hydrogens (tertiary/aromatic N) is 4. The quantitative estimate of drug-likeness (QED) is 0.737. The molecule has 1 amide bonds. The van der Waals surface area contributed by atoms with Crippen molar-refractivity contribution in [2.45, 2.75) is 76.8 Å². The van der Waals surface area contributed by atoms with Gasteiger partial charge in [0, 0.05) is 31.0 Å². The van der Waals surface area contributed by atoms with E-state index < -0.39 is 6.04 Å². The van der Waals surface area contributed by atoms with Crippen LogP contribution in [0.1, 0.15) is 75.9 Å². The van der Waals surface area contributed by atoms with Gasteiger partial charge in [-0.15, -0.1) is 10.2 Å². The van der Waals surface area contributed by atoms with E-state index >= 15 is 0 Å². The lowest BCUT2D eigenvalue weighted by Crippen LogP contribution is -2.45. The van der Waals surface area contributed by atoms with Gasteiger partial charge in [0.25, 0.3) is 5.89 Å². The smallest absolute Gasteiger partial charge is 0.286 e. The molecule has 156 valence electrons. The standard InChI is InChI=1S/C20H32N4O4/c1-20(2,3)19-22-21-18(28-19)17(27)15-8-6-11-24(15)16(26)9-12-23-10-5-4-7-14(23)13-25/h14-15,25H,4-13H2,1-3H3. The molecule has 0 radical (unpaired) electrons. The summed E-state index contributed by atoms with van der Waals surface area (Å²) in [6.07, 6.45) is 4.98. The Morgan fingerprint density at radius 1 is 1.14 bits per heavy atom. The van der Waals surface area contributed by atoms with E-state index in [0.29, 0.717) is 31.8 Å². The van der Waals surface area contributed by atoms with Crippen molar-refractivity contribution in [3.05, 3.63) is 11.8 Å². The van der Waals surface area contributed by atoms with Crippen molar-refractivity contribution in [3.63, 3.8) is 0 Å². The molecule has 8 nitrogen and oxygen atoms in total. The fraction of sp³-hybridized carbons (Fsp3) is 0.800. The van der Waals surface area contributed by atoms with Gasteiger partial charge in [0.15, 0.2) is 0 Å². The first-order valence-electron chi connectivity index (χ1n) is 10.3. The minimum Gasteiger partial charge on any atom is -0.418 e. The second-order valence-corrected chi connectivity index (χ2v) is 8.89. The molecule has 2 saturated heterocycles. The number of aliphatic hydroxyl groups is 1. The normalized spacial score (nSPS) is 23.9. The highest BCUT2D eigenvalue weighted by Crippen LogP contribution is 2.25. The number of likely N-dealkylation sites (tertiary alicyclic amines) is 2. The van der Waals surface area contributed by atoms with Crippen molar-refractivity contribution in [3.8, 4) is 0 Å². The number of carbonyl (C=O) groups excluding carboxylic acids is 2. The zero-order valence-electron chi connectivity index (χ0n) is 17.2. The Kier molecular flexibility index (Phi) is 6.50. The molecule has 2 atom stereocenters. The number of hydrogen-bond donors (Lipinski definition) is 1. The van der Waals surface area contributed by atoms with E-state index in [0.717, 1.165) is 32.2 Å². The Labute approximate surface area is 166 Å². The number of Topliss-reactive ketones (excluding diaryl/α,β-unsaturated/α-hetero) is 1. The molecule has 2 aliphatic heterocycles. The Morgan fingerprint density at radius 3 is 2.61 bits per heavy atom. The van der Waals surface area contributed by atoms with Crippen molar-refractivity contribution in [1.29, 1.82) is 0 Å². The molecule has 2 fully saturated rings. The van der Waals surface area contributed by atoms with Gasteiger partial charge in [-0.2, -0.15) is 0 Å². The van der Waals surface area contributed by atoms with Crippen molar-refractivity contribution in [1.82, 2.24) is 20.0 Å². The first-order chi connectivity index (χ1) is 13.3. The summed E-state index contributed by atoms with van der Waals surface area (Å²) in [5.41, 5.74) is -0.325. The lowest BCUT2D eigenvalue weighted by Gasteiger charge is -2.34. The SMILES string of the molecule is CC(C)(C)c1nnc(C(=O)C2CCCN2C(=O)CCN2CCCCC2CO)o1. The number of piperidine rings is 1. The third kappa shape index (κ3) is 4.60. The molecule has 0 bridgehead atoms. The van der Waals surface area contributed by atoms with E-state index in [1.54, 1.807) is 4.90 Å². The molecule has 0 aliphatic carbocycles. The summed E-state index contributed by atoms with van der Waals surface area (Å²) in [7, 11) is 0. The van der Waals surface area contributed by atoms with Gasteiger partial charge in [-0.3, -0.25) is 14.5 Å². The molecular weight excluding hydrogens is 360 g/mol. The van der Waals surface area contributed by atoms with Gasteiger partial charge < -0.3 is 14.4 Å². The van der Waals surface area contributed by atoms with Crippen LogP contribution in [0.15, 0.2) is 4.42 Å². The number of aliphatic hydroxyl groups excluding tert-OH is 1. The average molecular weight is 393 g/mol. The number of hydrogen-bond acceptors (Lipinski definition) is 7. The zero-order chi connectivity index (χ0) is 20.3. The summed E-state index contributed by atoms with van der Waals surface area (Å²) < 4.78 is 5.59. The maximum atomic E-state index is 12.9. The monoisotopic (exact) mass is 392 g/mol. The largest absolute Gasteiger partial charge is 0.418 e. The molecule has 28 heavy (non-hydrogen) atoms. The maximum Gasteiger partial charge on any atom is 0.286 e. The molecule has 2 aliphatic rings. The molecule has 3 heterocycles. The van der Waals surface area contributed by atoms with Gasteiger partial charge in [0.05, 0.1) is 6.61 Å². The van der Waals surface area contributed by atoms with E-state index in [2.05, 4.69) is 15.1 Å². The van der Waals surface area contributed by atoms with Gasteiger partial charge in [0.2, 0.25) is 17.6 Å². The summed E-state index contributed by atoms with van der Waals surface area (Å²) in [5, 5.41) is 17.4. The summed E-state index contributed by atoms with van der Waals surface area (Å²) in [4.78, 5) is 29.5. The first kappa shape index (κ1) is 20.9. The van der Waals surface area contributed by atoms with Crippen LogP contribution in [0.25, 0.3) is 0 Å². The average Bonchev–Trinajstić information content (AvgIpc) is 3.35. The Balaban J connectivity index is 1.61. The molecule has 1 aromatic heterocycles. The highest BCUT2D eigenvalue weighted by molar-refractivity contribution is 5.98. The van der Waals surface area contributed by atoms with Crippen LogP contribution in [0, 0.1) is 0 Å². The fourth-order valence-electron chi connectivity index (χ4n) is 4.05. The summed E-state index contributed by atoms with van der Waals surface area (Å²) in [6, 6.07) is -0.373. The van der Waals surface area contributed by atoms with E-state index in [1.807, 2.05) is 20.8 Å². The van der Waals surface area contributed by atoms with Gasteiger partial charge in [-0.25, -0.2) is 0 Å². The Hall–Kier alpha value is -1.80. The molecule has 0 spiro atoms. The van der Waals surface area contributed by atoms with Crippen LogP contribution >= 0.6 is 0 Å². The number of rotatable bonds is 6. The highest BCUT2D eigenvalue weighted by Gasteiger charge is 2.37. The molecule has 1 N–H and O–H groups in total. The number of aromatic nitrogens is 2. The van der Waals surface area contributed by atoms with Gasteiger partial charge in [-0.05, 0) is 32.2 Å². The van der Waals surface area contributed by atoms with E-state index in [-0.39, 0.29) is 35.6 Å². The van der Waals surface area contributed by atoms with Crippen molar-refractivity contribution >= 4 is 11.7 Å². The lowest BCUT2D eigenvalue weighted by atomic mass is 9.97. The number of ketones is 1. The van der Waals surface area contributed by atoms with Crippen molar-refractivity contribution in [2.24, 2.45) is 0 Å². The maximum absolute atomic E-state index is 12.9. The second kappa shape index (κ2) is 8.69. The number of carbonyl (C=O) groups is 2. The first-order valence-corrected chi connectivity index (χ1v) is 10.3. The van der Waals surface area contributed by atoms with Gasteiger partial charge in [0.1, 0.15) is 6.04 Å². The van der Waals surface area contributed by atoms with Crippen LogP contribution in [0.4, 0.5) is 0 Å². The van der Waals surface area contributed by atoms with Crippen LogP contribution in [0.3, 0.4) is 0 Å². The molecule has 0 saturated carbocycles. The minimum absolute atomic E-state index is 0.00833. The van der Waals surface area contributed by atoms with E-state index in [1.165, 1.54) is 0 Å². The predicted octanol–water partition coefficient (Wildman–Crippen LogP) is 1.78. The van der Waals surface area contributed by atoms with Crippen LogP contribution in [0.2, 0.25) is 0 Å². The fourth-order valence-corrected chi connectivity index (χ4v) is 4.05. The molecule has 0 aromatic carbocycles. The third-order valence-corrected chi connectivity index (χ3v) is 5.73. The van der Waals surface area contributed by atoms with Crippen molar-refractivity contribution < 1.29 is 19.1 Å². The topological polar surface area (TPSA) is 99.8 Å². The van der Waals surface area contributed by atoms with Gasteiger partial charge >= 0.3 is 0 Å². The molecular formula is C20H32N4O4. The highest BCUT2D eigenvalue weighted by atomic mass is 16.4. The molecule has 2 unspecified atom stereocenters. The van der Waals surface area contributed by atoms with Gasteiger partial charge in [-0.1, -0.05) is 27.2 Å². The number of amides is 1. The third-order valence-electron chi connectivity index (χ3n) is 5.73. The summed E-state index contributed by atoms with van der Waals surface area (Å²) in [6.45, 7) is 8.08. The van der Waals surface area contributed by atoms with Crippen LogP contribution in [-0.4, -0.2) is 75.1 Å².